The summed E-state index contributed by atoms with van der Waals surface area (Å²) in [6, 6.07) is -0.414. The van der Waals surface area contributed by atoms with E-state index in [1.807, 2.05) is 0 Å². The van der Waals surface area contributed by atoms with Gasteiger partial charge in [-0.15, -0.1) is 0 Å². The molecule has 0 unspecified atom stereocenters. The summed E-state index contributed by atoms with van der Waals surface area (Å²) in [6.45, 7) is 1.95. The third kappa shape index (κ3) is 3.65. The minimum absolute atomic E-state index is 0.271. The quantitative estimate of drug-likeness (QED) is 0.547. The van der Waals surface area contributed by atoms with Gasteiger partial charge in [0, 0.05) is 14.1 Å². The molecule has 0 aliphatic carbocycles. The van der Waals surface area contributed by atoms with Crippen LogP contribution in [0.25, 0.3) is 0 Å². The van der Waals surface area contributed by atoms with Crippen LogP contribution < -0.4 is 10.7 Å². The Morgan fingerprint density at radius 3 is 2.50 bits per heavy atom. The standard InChI is InChI=1S/C6H13N3O3/c1-4-12-6(11)8-9(3)5(10)7-2/h4H2,1-3H3,(H,7,10)(H,8,11). The van der Waals surface area contributed by atoms with Gasteiger partial charge in [0.25, 0.3) is 0 Å². The zero-order chi connectivity index (χ0) is 9.56. The lowest BCUT2D eigenvalue weighted by molar-refractivity contribution is 0.124. The van der Waals surface area contributed by atoms with Crippen LogP contribution in [0.4, 0.5) is 9.59 Å². The van der Waals surface area contributed by atoms with Crippen molar-refractivity contribution in [3.05, 3.63) is 0 Å². The highest BCUT2D eigenvalue weighted by atomic mass is 16.6. The molecule has 6 nitrogen and oxygen atoms in total. The zero-order valence-corrected chi connectivity index (χ0v) is 7.38. The van der Waals surface area contributed by atoms with Gasteiger partial charge in [-0.3, -0.25) is 0 Å². The normalized spacial score (nSPS) is 8.58. The number of amides is 3. The molecule has 0 saturated heterocycles. The summed E-state index contributed by atoms with van der Waals surface area (Å²) in [7, 11) is 2.88. The van der Waals surface area contributed by atoms with Gasteiger partial charge in [-0.25, -0.2) is 20.0 Å². The van der Waals surface area contributed by atoms with Crippen LogP contribution in [-0.2, 0) is 4.74 Å². The van der Waals surface area contributed by atoms with E-state index in [-0.39, 0.29) is 6.61 Å². The molecule has 0 radical (unpaired) electrons. The molecule has 0 aromatic carbocycles. The number of hydrogen-bond donors (Lipinski definition) is 2. The summed E-state index contributed by atoms with van der Waals surface area (Å²) in [5.74, 6) is 0. The first-order valence-corrected chi connectivity index (χ1v) is 3.50. The summed E-state index contributed by atoms with van der Waals surface area (Å²) in [5, 5.41) is 3.33. The predicted molar refractivity (Wildman–Crippen MR) is 42.4 cm³/mol. The van der Waals surface area contributed by atoms with E-state index in [1.165, 1.54) is 14.1 Å². The number of hydrogen-bond acceptors (Lipinski definition) is 3. The van der Waals surface area contributed by atoms with Crippen molar-refractivity contribution in [2.45, 2.75) is 6.92 Å². The number of nitrogens with zero attached hydrogens (tertiary/aromatic N) is 1. The van der Waals surface area contributed by atoms with E-state index in [2.05, 4.69) is 15.5 Å². The van der Waals surface area contributed by atoms with Crippen LogP contribution in [0.3, 0.4) is 0 Å². The van der Waals surface area contributed by atoms with E-state index in [0.29, 0.717) is 0 Å². The number of hydrazine groups is 1. The maximum absolute atomic E-state index is 10.8. The van der Waals surface area contributed by atoms with Gasteiger partial charge in [0.15, 0.2) is 0 Å². The Kier molecular flexibility index (Phi) is 4.59. The van der Waals surface area contributed by atoms with E-state index < -0.39 is 12.1 Å². The number of ether oxygens (including phenoxy) is 1. The Morgan fingerprint density at radius 1 is 1.50 bits per heavy atom. The first-order chi connectivity index (χ1) is 5.61. The van der Waals surface area contributed by atoms with Gasteiger partial charge in [-0.05, 0) is 6.92 Å². The van der Waals surface area contributed by atoms with E-state index in [4.69, 9.17) is 0 Å². The first kappa shape index (κ1) is 10.5. The van der Waals surface area contributed by atoms with Crippen LogP contribution >= 0.6 is 0 Å². The lowest BCUT2D eigenvalue weighted by atomic mass is 10.8. The van der Waals surface area contributed by atoms with Gasteiger partial charge < -0.3 is 10.1 Å². The topological polar surface area (TPSA) is 70.7 Å². The molecule has 0 aliphatic rings. The van der Waals surface area contributed by atoms with Gasteiger partial charge in [0.2, 0.25) is 0 Å². The summed E-state index contributed by atoms with van der Waals surface area (Å²) in [5.41, 5.74) is 2.19. The summed E-state index contributed by atoms with van der Waals surface area (Å²) >= 11 is 0. The summed E-state index contributed by atoms with van der Waals surface area (Å²) < 4.78 is 4.54. The fraction of sp³-hybridized carbons (Fsp3) is 0.667. The predicted octanol–water partition coefficient (Wildman–Crippen LogP) is -0.0813. The zero-order valence-electron chi connectivity index (χ0n) is 7.38. The van der Waals surface area contributed by atoms with Crippen molar-refractivity contribution in [2.75, 3.05) is 20.7 Å². The van der Waals surface area contributed by atoms with Crippen molar-refractivity contribution in [1.29, 1.82) is 0 Å². The molecule has 0 rings (SSSR count). The van der Waals surface area contributed by atoms with Crippen LogP contribution in [0.5, 0.6) is 0 Å². The van der Waals surface area contributed by atoms with Crippen molar-refractivity contribution in [1.82, 2.24) is 15.8 Å². The molecule has 0 saturated carbocycles. The largest absolute Gasteiger partial charge is 0.449 e. The molecule has 0 spiro atoms. The Bertz CT molecular complexity index is 171. The minimum Gasteiger partial charge on any atom is -0.449 e. The fourth-order valence-corrected chi connectivity index (χ4v) is 0.519. The molecule has 0 aromatic rings. The van der Waals surface area contributed by atoms with Crippen LogP contribution in [0.2, 0.25) is 0 Å². The Hall–Kier alpha value is -1.46. The smallest absolute Gasteiger partial charge is 0.426 e. The molecular formula is C6H13N3O3. The highest BCUT2D eigenvalue weighted by Crippen LogP contribution is 1.80. The maximum Gasteiger partial charge on any atom is 0.426 e. The molecule has 2 N–H and O–H groups in total. The van der Waals surface area contributed by atoms with Gasteiger partial charge in [0.05, 0.1) is 6.61 Å². The van der Waals surface area contributed by atoms with Crippen LogP contribution in [0.15, 0.2) is 0 Å². The highest BCUT2D eigenvalue weighted by Gasteiger charge is 2.08. The third-order valence-electron chi connectivity index (χ3n) is 1.05. The minimum atomic E-state index is -0.649. The molecule has 0 aliphatic heterocycles. The second kappa shape index (κ2) is 5.22. The average Bonchev–Trinajstić information content (AvgIpc) is 2.03. The van der Waals surface area contributed by atoms with Crippen molar-refractivity contribution >= 4 is 12.1 Å². The molecule has 3 amide bonds. The van der Waals surface area contributed by atoms with E-state index in [9.17, 15) is 9.59 Å². The second-order valence-electron chi connectivity index (χ2n) is 1.95. The summed E-state index contributed by atoms with van der Waals surface area (Å²) in [6.07, 6.45) is -0.649. The van der Waals surface area contributed by atoms with Crippen molar-refractivity contribution in [3.8, 4) is 0 Å². The van der Waals surface area contributed by atoms with Gasteiger partial charge in [-0.1, -0.05) is 0 Å². The fourth-order valence-electron chi connectivity index (χ4n) is 0.519. The van der Waals surface area contributed by atoms with Gasteiger partial charge in [0.1, 0.15) is 0 Å². The molecule has 0 fully saturated rings. The van der Waals surface area contributed by atoms with Crippen LogP contribution in [0.1, 0.15) is 6.92 Å². The molecule has 0 atom stereocenters. The number of carbonyl (C=O) groups is 2. The van der Waals surface area contributed by atoms with Crippen LogP contribution in [-0.4, -0.2) is 37.8 Å². The van der Waals surface area contributed by atoms with Crippen molar-refractivity contribution < 1.29 is 14.3 Å². The number of rotatable bonds is 1. The van der Waals surface area contributed by atoms with Gasteiger partial charge >= 0.3 is 12.1 Å². The molecular weight excluding hydrogens is 162 g/mol. The molecule has 0 bridgehead atoms. The van der Waals surface area contributed by atoms with Crippen LogP contribution in [0, 0.1) is 0 Å². The van der Waals surface area contributed by atoms with Crippen molar-refractivity contribution in [2.24, 2.45) is 0 Å². The van der Waals surface area contributed by atoms with Gasteiger partial charge in [-0.2, -0.15) is 0 Å². The first-order valence-electron chi connectivity index (χ1n) is 3.50. The molecule has 0 heterocycles. The third-order valence-corrected chi connectivity index (χ3v) is 1.05. The molecule has 6 heteroatoms. The summed E-state index contributed by atoms with van der Waals surface area (Å²) in [4.78, 5) is 21.5. The maximum atomic E-state index is 10.8. The average molecular weight is 175 g/mol. The number of carbonyl (C=O) groups excluding carboxylic acids is 2. The lowest BCUT2D eigenvalue weighted by Crippen LogP contribution is -2.47. The van der Waals surface area contributed by atoms with E-state index in [0.717, 1.165) is 5.01 Å². The number of nitrogens with one attached hydrogen (secondary N) is 2. The molecule has 70 valence electrons. The van der Waals surface area contributed by atoms with E-state index in [1.54, 1.807) is 6.92 Å². The Balaban J connectivity index is 3.75. The number of urea groups is 1. The Morgan fingerprint density at radius 2 is 2.08 bits per heavy atom. The second-order valence-corrected chi connectivity index (χ2v) is 1.95. The molecule has 12 heavy (non-hydrogen) atoms. The Labute approximate surface area is 70.8 Å². The highest BCUT2D eigenvalue weighted by molar-refractivity contribution is 5.77. The van der Waals surface area contributed by atoms with E-state index >= 15 is 0 Å². The SMILES string of the molecule is CCOC(=O)NN(C)C(=O)NC. The van der Waals surface area contributed by atoms with Crippen molar-refractivity contribution in [3.63, 3.8) is 0 Å². The lowest BCUT2D eigenvalue weighted by Gasteiger charge is -2.16. The molecule has 0 aromatic heterocycles. The monoisotopic (exact) mass is 175 g/mol.